The second kappa shape index (κ2) is 8.68. The van der Waals surface area contributed by atoms with Crippen molar-refractivity contribution >= 4 is 21.7 Å². The molecule has 37 heavy (non-hydrogen) atoms. The summed E-state index contributed by atoms with van der Waals surface area (Å²) in [5.41, 5.74) is -0.394. The molecule has 2 saturated carbocycles. The summed E-state index contributed by atoms with van der Waals surface area (Å²) in [5.74, 6) is 1.37. The zero-order valence-corrected chi connectivity index (χ0v) is 23.4. The van der Waals surface area contributed by atoms with E-state index in [1.165, 1.54) is 12.5 Å². The highest BCUT2D eigenvalue weighted by molar-refractivity contribution is 7.90. The van der Waals surface area contributed by atoms with Crippen LogP contribution < -0.4 is 14.4 Å². The first-order valence-corrected chi connectivity index (χ1v) is 14.7. The molecule has 5 rings (SSSR count). The molecule has 9 heteroatoms. The van der Waals surface area contributed by atoms with Crippen molar-refractivity contribution in [2.24, 2.45) is 23.2 Å². The number of hydrogen-bond donors (Lipinski definition) is 1. The van der Waals surface area contributed by atoms with E-state index < -0.39 is 21.5 Å². The number of ether oxygens (including phenoxy) is 1. The van der Waals surface area contributed by atoms with Gasteiger partial charge in [-0.05, 0) is 82.4 Å². The molecule has 0 aromatic carbocycles. The van der Waals surface area contributed by atoms with Crippen molar-refractivity contribution in [3.8, 4) is 5.88 Å². The molecule has 5 atom stereocenters. The summed E-state index contributed by atoms with van der Waals surface area (Å²) in [6, 6.07) is 7.92. The van der Waals surface area contributed by atoms with Crippen LogP contribution in [-0.2, 0) is 10.0 Å². The lowest BCUT2D eigenvalue weighted by Gasteiger charge is -2.45. The van der Waals surface area contributed by atoms with E-state index in [1.54, 1.807) is 30.5 Å². The minimum atomic E-state index is -4.24. The number of nitrogens with zero attached hydrogens (tertiary/aromatic N) is 3. The van der Waals surface area contributed by atoms with Crippen LogP contribution in [0.4, 0.5) is 5.82 Å². The van der Waals surface area contributed by atoms with Gasteiger partial charge in [-0.1, -0.05) is 26.8 Å². The number of amides is 1. The molecule has 1 amide bonds. The van der Waals surface area contributed by atoms with Gasteiger partial charge in [0.15, 0.2) is 5.03 Å². The third-order valence-electron chi connectivity index (χ3n) is 10.0. The number of fused-ring (bicyclic) bond motifs is 2. The van der Waals surface area contributed by atoms with Gasteiger partial charge < -0.3 is 9.64 Å². The lowest BCUT2D eigenvalue weighted by atomic mass is 9.69. The molecule has 1 saturated heterocycles. The maximum Gasteiger partial charge on any atom is 0.281 e. The number of nitrogens with one attached hydrogen (secondary N) is 1. The SMILES string of the molecule is CC1CCN(c2ncccc2C(=O)NS(=O)(=O)c2cccc(OC3(C)C(C)C4CCC3(C)C4)n2)C1(C)C. The molecule has 200 valence electrons. The molecular weight excluding hydrogens is 488 g/mol. The Bertz CT molecular complexity index is 1330. The fourth-order valence-electron chi connectivity index (χ4n) is 6.83. The summed E-state index contributed by atoms with van der Waals surface area (Å²) >= 11 is 0. The molecule has 3 heterocycles. The first-order chi connectivity index (χ1) is 17.3. The van der Waals surface area contributed by atoms with Gasteiger partial charge in [0.25, 0.3) is 15.9 Å². The highest BCUT2D eigenvalue weighted by atomic mass is 32.2. The highest BCUT2D eigenvalue weighted by Crippen LogP contribution is 2.63. The Morgan fingerprint density at radius 1 is 1.11 bits per heavy atom. The van der Waals surface area contributed by atoms with Crippen LogP contribution in [0, 0.1) is 23.2 Å². The molecule has 2 aromatic heterocycles. The van der Waals surface area contributed by atoms with Crippen LogP contribution in [0.5, 0.6) is 5.88 Å². The molecule has 1 N–H and O–H groups in total. The number of anilines is 1. The molecule has 5 unspecified atom stereocenters. The van der Waals surface area contributed by atoms with Crippen molar-refractivity contribution in [2.75, 3.05) is 11.4 Å². The number of hydrogen-bond acceptors (Lipinski definition) is 7. The zero-order valence-electron chi connectivity index (χ0n) is 22.6. The molecule has 3 fully saturated rings. The average Bonchev–Trinajstić information content (AvgIpc) is 3.43. The summed E-state index contributed by atoms with van der Waals surface area (Å²) in [6.07, 6.45) is 6.00. The largest absolute Gasteiger partial charge is 0.470 e. The zero-order chi connectivity index (χ0) is 26.8. The lowest BCUT2D eigenvalue weighted by molar-refractivity contribution is -0.0627. The van der Waals surface area contributed by atoms with Gasteiger partial charge in [0.2, 0.25) is 5.88 Å². The fraction of sp³-hybridized carbons (Fsp3) is 0.607. The third-order valence-corrected chi connectivity index (χ3v) is 11.3. The number of pyridine rings is 2. The van der Waals surface area contributed by atoms with E-state index in [9.17, 15) is 13.2 Å². The van der Waals surface area contributed by atoms with E-state index in [0.29, 0.717) is 23.6 Å². The number of sulfonamides is 1. The van der Waals surface area contributed by atoms with Gasteiger partial charge in [0, 0.05) is 29.8 Å². The Labute approximate surface area is 220 Å². The van der Waals surface area contributed by atoms with Gasteiger partial charge in [-0.25, -0.2) is 9.71 Å². The topological polar surface area (TPSA) is 101 Å². The summed E-state index contributed by atoms with van der Waals surface area (Å²) in [6.45, 7) is 13.7. The smallest absolute Gasteiger partial charge is 0.281 e. The third kappa shape index (κ3) is 4.10. The van der Waals surface area contributed by atoms with Gasteiger partial charge in [-0.15, -0.1) is 0 Å². The number of carbonyl (C=O) groups is 1. The number of carbonyl (C=O) groups excluding carboxylic acids is 1. The molecular formula is C28H38N4O4S. The minimum absolute atomic E-state index is 0.0272. The predicted octanol–water partition coefficient (Wildman–Crippen LogP) is 4.81. The van der Waals surface area contributed by atoms with Gasteiger partial charge in [-0.2, -0.15) is 13.4 Å². The minimum Gasteiger partial charge on any atom is -0.470 e. The van der Waals surface area contributed by atoms with E-state index in [4.69, 9.17) is 4.74 Å². The van der Waals surface area contributed by atoms with Crippen LogP contribution in [0.2, 0.25) is 0 Å². The van der Waals surface area contributed by atoms with E-state index in [2.05, 4.69) is 61.1 Å². The maximum absolute atomic E-state index is 13.3. The van der Waals surface area contributed by atoms with Crippen LogP contribution in [-0.4, -0.2) is 42.0 Å². The van der Waals surface area contributed by atoms with Crippen LogP contribution in [0.15, 0.2) is 41.6 Å². The molecule has 0 spiro atoms. The molecule has 2 bridgehead atoms. The summed E-state index contributed by atoms with van der Waals surface area (Å²) < 4.78 is 35.2. The van der Waals surface area contributed by atoms with Crippen molar-refractivity contribution in [1.82, 2.24) is 14.7 Å². The first kappa shape index (κ1) is 25.9. The second-order valence-corrected chi connectivity index (χ2v) is 13.8. The van der Waals surface area contributed by atoms with Crippen molar-refractivity contribution in [3.63, 3.8) is 0 Å². The first-order valence-electron chi connectivity index (χ1n) is 13.2. The normalized spacial score (nSPS) is 32.5. The number of aromatic nitrogens is 2. The van der Waals surface area contributed by atoms with Crippen LogP contribution in [0.25, 0.3) is 0 Å². The average molecular weight is 527 g/mol. The fourth-order valence-corrected chi connectivity index (χ4v) is 7.75. The van der Waals surface area contributed by atoms with Crippen LogP contribution in [0.3, 0.4) is 0 Å². The van der Waals surface area contributed by atoms with Crippen LogP contribution in [0.1, 0.15) is 77.6 Å². The van der Waals surface area contributed by atoms with Gasteiger partial charge in [0.05, 0.1) is 5.56 Å². The molecule has 2 aromatic rings. The maximum atomic E-state index is 13.3. The quantitative estimate of drug-likeness (QED) is 0.576. The van der Waals surface area contributed by atoms with Crippen molar-refractivity contribution in [3.05, 3.63) is 42.1 Å². The summed E-state index contributed by atoms with van der Waals surface area (Å²) in [5, 5.41) is -0.247. The molecule has 8 nitrogen and oxygen atoms in total. The summed E-state index contributed by atoms with van der Waals surface area (Å²) in [7, 11) is -4.24. The Morgan fingerprint density at radius 3 is 2.51 bits per heavy atom. The van der Waals surface area contributed by atoms with Crippen molar-refractivity contribution < 1.29 is 17.9 Å². The van der Waals surface area contributed by atoms with Crippen molar-refractivity contribution in [1.29, 1.82) is 0 Å². The molecule has 1 aliphatic heterocycles. The van der Waals surface area contributed by atoms with E-state index in [0.717, 1.165) is 25.8 Å². The van der Waals surface area contributed by atoms with E-state index in [-0.39, 0.29) is 27.4 Å². The van der Waals surface area contributed by atoms with Gasteiger partial charge in [0.1, 0.15) is 11.4 Å². The van der Waals surface area contributed by atoms with Crippen molar-refractivity contribution in [2.45, 2.75) is 83.4 Å². The van der Waals surface area contributed by atoms with Crippen LogP contribution >= 0.6 is 0 Å². The monoisotopic (exact) mass is 526 g/mol. The summed E-state index contributed by atoms with van der Waals surface area (Å²) in [4.78, 5) is 24.2. The number of rotatable bonds is 6. The molecule has 2 aliphatic carbocycles. The Balaban J connectivity index is 1.38. The lowest BCUT2D eigenvalue weighted by Crippen LogP contribution is -2.50. The predicted molar refractivity (Wildman–Crippen MR) is 142 cm³/mol. The molecule has 0 radical (unpaired) electrons. The standard InChI is InChI=1S/C28H38N4O4S/c1-18-13-16-32(26(18,3)4)24-21(9-8-15-29-24)25(33)31-37(34,35)23-11-7-10-22(30-23)36-28(6)19(2)20-12-14-27(28,5)17-20/h7-11,15,18-20H,12-14,16-17H2,1-6H3,(H,31,33). The van der Waals surface area contributed by atoms with Gasteiger partial charge >= 0.3 is 0 Å². The van der Waals surface area contributed by atoms with E-state index in [1.807, 2.05) is 0 Å². The second-order valence-electron chi connectivity index (χ2n) is 12.2. The van der Waals surface area contributed by atoms with E-state index >= 15 is 0 Å². The van der Waals surface area contributed by atoms with Gasteiger partial charge in [-0.3, -0.25) is 4.79 Å². The Morgan fingerprint density at radius 2 is 1.86 bits per heavy atom. The Hall–Kier alpha value is -2.68. The highest BCUT2D eigenvalue weighted by Gasteiger charge is 2.62. The Kier molecular flexibility index (Phi) is 6.09. The molecule has 3 aliphatic rings.